The maximum Gasteiger partial charge on any atom is 0.223 e. The van der Waals surface area contributed by atoms with Crippen molar-refractivity contribution in [3.63, 3.8) is 0 Å². The molecule has 1 unspecified atom stereocenters. The maximum absolute atomic E-state index is 12.0. The highest BCUT2D eigenvalue weighted by atomic mass is 16.2. The molecule has 1 amide bonds. The van der Waals surface area contributed by atoms with Gasteiger partial charge in [0.15, 0.2) is 0 Å². The van der Waals surface area contributed by atoms with Crippen LogP contribution in [0.25, 0.3) is 21.3 Å². The van der Waals surface area contributed by atoms with Gasteiger partial charge in [-0.1, -0.05) is 11.2 Å². The van der Waals surface area contributed by atoms with Crippen LogP contribution in [0, 0.1) is 5.92 Å². The smallest absolute Gasteiger partial charge is 0.223 e. The highest BCUT2D eigenvalue weighted by molar-refractivity contribution is 5.81. The van der Waals surface area contributed by atoms with E-state index in [0.717, 1.165) is 16.5 Å². The van der Waals surface area contributed by atoms with Gasteiger partial charge >= 0.3 is 0 Å². The van der Waals surface area contributed by atoms with Gasteiger partial charge in [0.2, 0.25) is 5.91 Å². The Kier molecular flexibility index (Phi) is 3.31. The zero-order chi connectivity index (χ0) is 13.9. The quantitative estimate of drug-likeness (QED) is 0.516. The van der Waals surface area contributed by atoms with Gasteiger partial charge in [0.1, 0.15) is 0 Å². The number of carbonyl (C=O) groups excluding carboxylic acids is 1. The molecular formula is C14H15N5O. The molecule has 0 radical (unpaired) electrons. The number of amides is 1. The third kappa shape index (κ3) is 2.46. The van der Waals surface area contributed by atoms with E-state index in [0.29, 0.717) is 26.1 Å². The molecule has 102 valence electrons. The number of benzene rings is 1. The van der Waals surface area contributed by atoms with Crippen molar-refractivity contribution in [2.45, 2.75) is 13.0 Å². The Bertz CT molecular complexity index is 686. The molecule has 1 aliphatic rings. The van der Waals surface area contributed by atoms with E-state index < -0.39 is 0 Å². The second-order valence-electron chi connectivity index (χ2n) is 5.16. The lowest BCUT2D eigenvalue weighted by atomic mass is 10.1. The Balaban J connectivity index is 1.70. The van der Waals surface area contributed by atoms with E-state index in [9.17, 15) is 4.79 Å². The average Bonchev–Trinajstić information content (AvgIpc) is 3.03. The summed E-state index contributed by atoms with van der Waals surface area (Å²) in [6.45, 7) is 1.69. The number of azide groups is 1. The summed E-state index contributed by atoms with van der Waals surface area (Å²) in [4.78, 5) is 19.7. The van der Waals surface area contributed by atoms with Crippen molar-refractivity contribution in [2.75, 3.05) is 13.1 Å². The summed E-state index contributed by atoms with van der Waals surface area (Å²) < 4.78 is 0. The molecule has 0 saturated carbocycles. The van der Waals surface area contributed by atoms with Gasteiger partial charge in [-0.3, -0.25) is 4.79 Å². The highest BCUT2D eigenvalue weighted by Crippen LogP contribution is 2.22. The number of aromatic amines is 1. The number of hydrogen-bond donors (Lipinski definition) is 1. The van der Waals surface area contributed by atoms with Crippen LogP contribution in [0.4, 0.5) is 0 Å². The Morgan fingerprint density at radius 3 is 3.20 bits per heavy atom. The van der Waals surface area contributed by atoms with Crippen LogP contribution in [0.1, 0.15) is 12.0 Å². The molecule has 1 aliphatic heterocycles. The first-order valence-corrected chi connectivity index (χ1v) is 6.61. The number of nitrogens with zero attached hydrogens (tertiary/aromatic N) is 4. The molecule has 6 nitrogen and oxygen atoms in total. The molecule has 6 heteroatoms. The predicted octanol–water partition coefficient (Wildman–Crippen LogP) is 2.83. The van der Waals surface area contributed by atoms with Crippen LogP contribution >= 0.6 is 0 Å². The van der Waals surface area contributed by atoms with Gasteiger partial charge in [-0.05, 0) is 40.6 Å². The highest BCUT2D eigenvalue weighted by Gasteiger charge is 2.28. The van der Waals surface area contributed by atoms with E-state index in [1.165, 1.54) is 0 Å². The van der Waals surface area contributed by atoms with Crippen molar-refractivity contribution < 1.29 is 4.79 Å². The summed E-state index contributed by atoms with van der Waals surface area (Å²) in [5, 5.41) is 4.71. The Morgan fingerprint density at radius 1 is 1.45 bits per heavy atom. The van der Waals surface area contributed by atoms with Crippen LogP contribution in [0.2, 0.25) is 0 Å². The lowest BCUT2D eigenvalue weighted by molar-refractivity contribution is -0.128. The third-order valence-corrected chi connectivity index (χ3v) is 3.69. The van der Waals surface area contributed by atoms with Crippen LogP contribution in [0.5, 0.6) is 0 Å². The summed E-state index contributed by atoms with van der Waals surface area (Å²) in [7, 11) is 0. The molecule has 2 aromatic rings. The number of hydrogen-bond acceptors (Lipinski definition) is 2. The monoisotopic (exact) mass is 269 g/mol. The number of H-pyrrole nitrogens is 1. The number of aromatic nitrogens is 1. The van der Waals surface area contributed by atoms with E-state index in [-0.39, 0.29) is 11.8 Å². The second-order valence-corrected chi connectivity index (χ2v) is 5.16. The summed E-state index contributed by atoms with van der Waals surface area (Å²) in [5.74, 6) is 0.284. The van der Waals surface area contributed by atoms with Gasteiger partial charge in [0.25, 0.3) is 0 Å². The van der Waals surface area contributed by atoms with Gasteiger partial charge in [-0.25, -0.2) is 0 Å². The summed E-state index contributed by atoms with van der Waals surface area (Å²) in [6.07, 6.45) is 2.39. The zero-order valence-corrected chi connectivity index (χ0v) is 11.0. The molecule has 1 N–H and O–H groups in total. The van der Waals surface area contributed by atoms with E-state index in [4.69, 9.17) is 5.53 Å². The standard InChI is InChI=1S/C14H15N5O/c15-18-17-7-11-6-14(20)19(9-11)8-10-1-2-13-12(5-10)3-4-16-13/h1-5,11,16H,6-9H2. The van der Waals surface area contributed by atoms with E-state index >= 15 is 0 Å². The normalized spacial score (nSPS) is 18.5. The molecule has 0 aliphatic carbocycles. The van der Waals surface area contributed by atoms with E-state index in [1.807, 2.05) is 29.3 Å². The van der Waals surface area contributed by atoms with Crippen molar-refractivity contribution >= 4 is 16.8 Å². The first-order chi connectivity index (χ1) is 9.76. The number of likely N-dealkylation sites (tertiary alicyclic amines) is 1. The number of nitrogens with one attached hydrogen (secondary N) is 1. The maximum atomic E-state index is 12.0. The van der Waals surface area contributed by atoms with Crippen molar-refractivity contribution in [2.24, 2.45) is 11.0 Å². The van der Waals surface area contributed by atoms with Crippen molar-refractivity contribution in [3.8, 4) is 0 Å². The SMILES string of the molecule is [N-]=[N+]=NCC1CC(=O)N(Cc2ccc3[nH]ccc3c2)C1. The first-order valence-electron chi connectivity index (χ1n) is 6.61. The molecule has 2 heterocycles. The Labute approximate surface area is 116 Å². The Morgan fingerprint density at radius 2 is 2.35 bits per heavy atom. The van der Waals surface area contributed by atoms with E-state index in [2.05, 4.69) is 21.1 Å². The number of carbonyl (C=O) groups is 1. The fraction of sp³-hybridized carbons (Fsp3) is 0.357. The van der Waals surface area contributed by atoms with Crippen LogP contribution in [0.3, 0.4) is 0 Å². The number of rotatable bonds is 4. The minimum Gasteiger partial charge on any atom is -0.361 e. The van der Waals surface area contributed by atoms with Crippen LogP contribution in [-0.4, -0.2) is 28.9 Å². The molecular weight excluding hydrogens is 254 g/mol. The van der Waals surface area contributed by atoms with Gasteiger partial charge in [0.05, 0.1) is 0 Å². The lowest BCUT2D eigenvalue weighted by Gasteiger charge is -2.16. The van der Waals surface area contributed by atoms with E-state index in [1.54, 1.807) is 0 Å². The molecule has 20 heavy (non-hydrogen) atoms. The van der Waals surface area contributed by atoms with Crippen LogP contribution in [0.15, 0.2) is 35.6 Å². The van der Waals surface area contributed by atoms with Crippen LogP contribution in [-0.2, 0) is 11.3 Å². The predicted molar refractivity (Wildman–Crippen MR) is 75.8 cm³/mol. The minimum atomic E-state index is 0.136. The molecule has 3 rings (SSSR count). The second kappa shape index (κ2) is 5.27. The molecule has 1 atom stereocenters. The summed E-state index contributed by atoms with van der Waals surface area (Å²) in [6, 6.07) is 8.19. The fourth-order valence-corrected chi connectivity index (χ4v) is 2.70. The first kappa shape index (κ1) is 12.6. The lowest BCUT2D eigenvalue weighted by Crippen LogP contribution is -2.24. The van der Waals surface area contributed by atoms with Gasteiger partial charge in [-0.2, -0.15) is 0 Å². The third-order valence-electron chi connectivity index (χ3n) is 3.69. The number of fused-ring (bicyclic) bond motifs is 1. The average molecular weight is 269 g/mol. The summed E-state index contributed by atoms with van der Waals surface area (Å²) in [5.41, 5.74) is 10.6. The minimum absolute atomic E-state index is 0.136. The Hall–Kier alpha value is -2.46. The summed E-state index contributed by atoms with van der Waals surface area (Å²) >= 11 is 0. The molecule has 1 aromatic heterocycles. The topological polar surface area (TPSA) is 84.9 Å². The molecule has 1 saturated heterocycles. The van der Waals surface area contributed by atoms with Crippen molar-refractivity contribution in [1.82, 2.24) is 9.88 Å². The van der Waals surface area contributed by atoms with Crippen molar-refractivity contribution in [3.05, 3.63) is 46.5 Å². The molecule has 1 aromatic carbocycles. The van der Waals surface area contributed by atoms with Crippen LogP contribution < -0.4 is 0 Å². The van der Waals surface area contributed by atoms with Gasteiger partial charge < -0.3 is 9.88 Å². The molecule has 0 bridgehead atoms. The van der Waals surface area contributed by atoms with Crippen molar-refractivity contribution in [1.29, 1.82) is 0 Å². The fourth-order valence-electron chi connectivity index (χ4n) is 2.70. The largest absolute Gasteiger partial charge is 0.361 e. The zero-order valence-electron chi connectivity index (χ0n) is 11.0. The van der Waals surface area contributed by atoms with Gasteiger partial charge in [-0.15, -0.1) is 0 Å². The molecule has 0 spiro atoms. The molecule has 1 fully saturated rings. The van der Waals surface area contributed by atoms with Gasteiger partial charge in [0, 0.05) is 42.7 Å².